The van der Waals surface area contributed by atoms with Gasteiger partial charge in [-0.15, -0.1) is 0 Å². The van der Waals surface area contributed by atoms with Gasteiger partial charge in [0.15, 0.2) is 9.84 Å². The molecule has 2 aliphatic heterocycles. The summed E-state index contributed by atoms with van der Waals surface area (Å²) in [5.74, 6) is 0.142. The summed E-state index contributed by atoms with van der Waals surface area (Å²) in [6.45, 7) is 0.876. The molecule has 2 saturated heterocycles. The minimum atomic E-state index is -2.83. The number of rotatable bonds is 2. The van der Waals surface area contributed by atoms with Crippen LogP contribution >= 0.6 is 0 Å². The molecule has 1 atom stereocenters. The number of hydrogen-bond donors (Lipinski definition) is 2. The van der Waals surface area contributed by atoms with Crippen molar-refractivity contribution in [3.63, 3.8) is 0 Å². The van der Waals surface area contributed by atoms with Crippen LogP contribution in [0, 0.1) is 0 Å². The van der Waals surface area contributed by atoms with Crippen molar-refractivity contribution in [3.8, 4) is 0 Å². The number of carbonyl (C=O) groups is 1. The monoisotopic (exact) mass is 204 g/mol. The van der Waals surface area contributed by atoms with Crippen molar-refractivity contribution in [2.24, 2.45) is 0 Å². The SMILES string of the molecule is O=C(NC1CS(=O)(=O)C1)C1CCN1. The zero-order valence-corrected chi connectivity index (χ0v) is 7.93. The molecule has 1 amide bonds. The van der Waals surface area contributed by atoms with Crippen LogP contribution in [0.3, 0.4) is 0 Å². The van der Waals surface area contributed by atoms with E-state index in [-0.39, 0.29) is 29.5 Å². The molecule has 2 N–H and O–H groups in total. The highest BCUT2D eigenvalue weighted by molar-refractivity contribution is 7.92. The summed E-state index contributed by atoms with van der Waals surface area (Å²) in [7, 11) is -2.83. The van der Waals surface area contributed by atoms with Crippen molar-refractivity contribution >= 4 is 15.7 Å². The van der Waals surface area contributed by atoms with Crippen molar-refractivity contribution < 1.29 is 13.2 Å². The third-order valence-electron chi connectivity index (χ3n) is 2.40. The normalized spacial score (nSPS) is 31.5. The van der Waals surface area contributed by atoms with Gasteiger partial charge >= 0.3 is 0 Å². The Morgan fingerprint density at radius 3 is 2.38 bits per heavy atom. The maximum absolute atomic E-state index is 11.3. The van der Waals surface area contributed by atoms with Gasteiger partial charge in [-0.1, -0.05) is 0 Å². The summed E-state index contributed by atoms with van der Waals surface area (Å²) in [5, 5.41) is 5.65. The molecule has 0 aliphatic carbocycles. The molecule has 2 fully saturated rings. The van der Waals surface area contributed by atoms with E-state index in [9.17, 15) is 13.2 Å². The van der Waals surface area contributed by atoms with Gasteiger partial charge in [0, 0.05) is 0 Å². The van der Waals surface area contributed by atoms with Crippen molar-refractivity contribution in [2.75, 3.05) is 18.1 Å². The first kappa shape index (κ1) is 8.96. The first-order chi connectivity index (χ1) is 6.07. The van der Waals surface area contributed by atoms with Crippen LogP contribution < -0.4 is 10.6 Å². The van der Waals surface area contributed by atoms with Crippen LogP contribution in [0.5, 0.6) is 0 Å². The smallest absolute Gasteiger partial charge is 0.237 e. The zero-order chi connectivity index (χ0) is 9.47. The minimum absolute atomic E-state index is 0.0637. The number of sulfone groups is 1. The Balaban J connectivity index is 1.77. The number of hydrogen-bond acceptors (Lipinski definition) is 4. The molecule has 74 valence electrons. The summed E-state index contributed by atoms with van der Waals surface area (Å²) in [5.41, 5.74) is 0. The van der Waals surface area contributed by atoms with E-state index in [4.69, 9.17) is 0 Å². The molecule has 13 heavy (non-hydrogen) atoms. The van der Waals surface area contributed by atoms with Crippen LogP contribution in [-0.4, -0.2) is 44.5 Å². The lowest BCUT2D eigenvalue weighted by molar-refractivity contribution is -0.125. The Kier molecular flexibility index (Phi) is 2.03. The van der Waals surface area contributed by atoms with Crippen LogP contribution in [0.2, 0.25) is 0 Å². The van der Waals surface area contributed by atoms with Gasteiger partial charge in [0.2, 0.25) is 5.91 Å². The fraction of sp³-hybridized carbons (Fsp3) is 0.857. The zero-order valence-electron chi connectivity index (χ0n) is 7.12. The van der Waals surface area contributed by atoms with Gasteiger partial charge in [0.1, 0.15) is 0 Å². The second kappa shape index (κ2) is 2.95. The molecule has 0 bridgehead atoms. The second-order valence-corrected chi connectivity index (χ2v) is 5.73. The number of nitrogens with one attached hydrogen (secondary N) is 2. The van der Waals surface area contributed by atoms with Crippen LogP contribution in [0.4, 0.5) is 0 Å². The molecule has 6 heteroatoms. The van der Waals surface area contributed by atoms with Gasteiger partial charge in [-0.3, -0.25) is 4.79 Å². The standard InChI is InChI=1S/C7H12N2O3S/c10-7(6-1-2-8-6)9-5-3-13(11,12)4-5/h5-6,8H,1-4H2,(H,9,10). The van der Waals surface area contributed by atoms with Crippen LogP contribution in [0.25, 0.3) is 0 Å². The Bertz CT molecular complexity index is 309. The van der Waals surface area contributed by atoms with Crippen molar-refractivity contribution in [2.45, 2.75) is 18.5 Å². The van der Waals surface area contributed by atoms with E-state index >= 15 is 0 Å². The van der Waals surface area contributed by atoms with Gasteiger partial charge in [-0.25, -0.2) is 8.42 Å². The van der Waals surface area contributed by atoms with Crippen LogP contribution in [0.15, 0.2) is 0 Å². The highest BCUT2D eigenvalue weighted by Gasteiger charge is 2.36. The van der Waals surface area contributed by atoms with Crippen LogP contribution in [-0.2, 0) is 14.6 Å². The molecule has 1 unspecified atom stereocenters. The molecule has 0 saturated carbocycles. The summed E-state index contributed by atoms with van der Waals surface area (Å²) in [4.78, 5) is 11.3. The van der Waals surface area contributed by atoms with Gasteiger partial charge in [-0.05, 0) is 13.0 Å². The van der Waals surface area contributed by atoms with Crippen LogP contribution in [0.1, 0.15) is 6.42 Å². The molecule has 0 aromatic rings. The Morgan fingerprint density at radius 1 is 1.38 bits per heavy atom. The van der Waals surface area contributed by atoms with Gasteiger partial charge < -0.3 is 10.6 Å². The Morgan fingerprint density at radius 2 is 2.00 bits per heavy atom. The third kappa shape index (κ3) is 1.83. The molecular formula is C7H12N2O3S. The lowest BCUT2D eigenvalue weighted by Gasteiger charge is -2.32. The van der Waals surface area contributed by atoms with Crippen molar-refractivity contribution in [1.29, 1.82) is 0 Å². The van der Waals surface area contributed by atoms with Gasteiger partial charge in [0.25, 0.3) is 0 Å². The minimum Gasteiger partial charge on any atom is -0.350 e. The predicted octanol–water partition coefficient (Wildman–Crippen LogP) is -1.74. The molecule has 0 spiro atoms. The highest BCUT2D eigenvalue weighted by atomic mass is 32.2. The van der Waals surface area contributed by atoms with E-state index in [0.717, 1.165) is 13.0 Å². The van der Waals surface area contributed by atoms with E-state index < -0.39 is 9.84 Å². The Labute approximate surface area is 76.8 Å². The second-order valence-electron chi connectivity index (χ2n) is 3.58. The van der Waals surface area contributed by atoms with E-state index in [1.807, 2.05) is 0 Å². The largest absolute Gasteiger partial charge is 0.350 e. The molecule has 5 nitrogen and oxygen atoms in total. The predicted molar refractivity (Wildman–Crippen MR) is 47.0 cm³/mol. The quantitative estimate of drug-likeness (QED) is 0.560. The fourth-order valence-electron chi connectivity index (χ4n) is 1.46. The topological polar surface area (TPSA) is 75.3 Å². The maximum atomic E-state index is 11.3. The average molecular weight is 204 g/mol. The van der Waals surface area contributed by atoms with Crippen molar-refractivity contribution in [3.05, 3.63) is 0 Å². The number of amides is 1. The molecule has 2 aliphatic rings. The highest BCUT2D eigenvalue weighted by Crippen LogP contribution is 2.11. The van der Waals surface area contributed by atoms with E-state index in [1.165, 1.54) is 0 Å². The molecular weight excluding hydrogens is 192 g/mol. The summed E-state index contributed by atoms with van der Waals surface area (Å²) in [6.07, 6.45) is 0.852. The van der Waals surface area contributed by atoms with E-state index in [0.29, 0.717) is 0 Å². The molecule has 2 heterocycles. The molecule has 0 radical (unpaired) electrons. The summed E-state index contributed by atoms with van der Waals surface area (Å²) in [6, 6.07) is -0.247. The van der Waals surface area contributed by atoms with Crippen molar-refractivity contribution in [1.82, 2.24) is 10.6 Å². The summed E-state index contributed by atoms with van der Waals surface area (Å²) >= 11 is 0. The Hall–Kier alpha value is -0.620. The molecule has 0 aromatic carbocycles. The maximum Gasteiger partial charge on any atom is 0.237 e. The fourth-order valence-corrected chi connectivity index (χ4v) is 2.76. The lowest BCUT2D eigenvalue weighted by atomic mass is 10.1. The lowest BCUT2D eigenvalue weighted by Crippen LogP contribution is -2.60. The molecule has 0 aromatic heterocycles. The average Bonchev–Trinajstić information content (AvgIpc) is 1.77. The third-order valence-corrected chi connectivity index (χ3v) is 4.22. The molecule has 2 rings (SSSR count). The van der Waals surface area contributed by atoms with Gasteiger partial charge in [-0.2, -0.15) is 0 Å². The van der Waals surface area contributed by atoms with E-state index in [2.05, 4.69) is 10.6 Å². The number of carbonyl (C=O) groups excluding carboxylic acids is 1. The first-order valence-corrected chi connectivity index (χ1v) is 6.13. The summed E-state index contributed by atoms with van der Waals surface area (Å²) < 4.78 is 21.5. The van der Waals surface area contributed by atoms with E-state index in [1.54, 1.807) is 0 Å². The van der Waals surface area contributed by atoms with Gasteiger partial charge in [0.05, 0.1) is 23.6 Å². The first-order valence-electron chi connectivity index (χ1n) is 4.31.